The number of ether oxygens (including phenoxy) is 2. The number of pyridine rings is 1. The van der Waals surface area contributed by atoms with Crippen molar-refractivity contribution in [2.24, 2.45) is 4.99 Å². The van der Waals surface area contributed by atoms with Crippen molar-refractivity contribution in [3.8, 4) is 16.9 Å². The summed E-state index contributed by atoms with van der Waals surface area (Å²) in [5.41, 5.74) is 2.02. The predicted molar refractivity (Wildman–Crippen MR) is 91.8 cm³/mol. The van der Waals surface area contributed by atoms with Gasteiger partial charge in [-0.3, -0.25) is 0 Å². The second kappa shape index (κ2) is 7.75. The van der Waals surface area contributed by atoms with Crippen molar-refractivity contribution >= 4 is 12.0 Å². The first-order valence-electron chi connectivity index (χ1n) is 7.28. The first-order chi connectivity index (χ1) is 11.4. The van der Waals surface area contributed by atoms with E-state index in [1.807, 2.05) is 54.6 Å². The monoisotopic (exact) mass is 304 g/mol. The highest BCUT2D eigenvalue weighted by atomic mass is 16.5. The Hall–Kier alpha value is -3.14. The first kappa shape index (κ1) is 14.8. The van der Waals surface area contributed by atoms with Gasteiger partial charge in [-0.2, -0.15) is 0 Å². The van der Waals surface area contributed by atoms with E-state index in [0.717, 1.165) is 16.9 Å². The van der Waals surface area contributed by atoms with E-state index in [-0.39, 0.29) is 0 Å². The van der Waals surface area contributed by atoms with Crippen LogP contribution in [0.5, 0.6) is 5.75 Å². The van der Waals surface area contributed by atoms with Gasteiger partial charge in [0.1, 0.15) is 12.4 Å². The zero-order chi connectivity index (χ0) is 15.7. The highest BCUT2D eigenvalue weighted by Crippen LogP contribution is 2.31. The number of aliphatic imine (C=N–C) groups is 1. The van der Waals surface area contributed by atoms with E-state index in [9.17, 15) is 0 Å². The van der Waals surface area contributed by atoms with Gasteiger partial charge in [-0.25, -0.2) is 9.98 Å². The van der Waals surface area contributed by atoms with Crippen LogP contribution in [0.3, 0.4) is 0 Å². The van der Waals surface area contributed by atoms with Crippen molar-refractivity contribution in [3.05, 3.63) is 79.4 Å². The minimum atomic E-state index is 0.427. The topological polar surface area (TPSA) is 43.7 Å². The van der Waals surface area contributed by atoms with Crippen LogP contribution in [0.2, 0.25) is 0 Å². The van der Waals surface area contributed by atoms with Gasteiger partial charge < -0.3 is 9.47 Å². The Kier molecular flexibility index (Phi) is 4.98. The lowest BCUT2D eigenvalue weighted by Gasteiger charge is -2.10. The molecule has 0 atom stereocenters. The summed E-state index contributed by atoms with van der Waals surface area (Å²) in [6, 6.07) is 11.8. The minimum Gasteiger partial charge on any atom is -0.489 e. The third-order valence-corrected chi connectivity index (χ3v) is 3.13. The van der Waals surface area contributed by atoms with Gasteiger partial charge in [0.2, 0.25) is 0 Å². The lowest BCUT2D eigenvalue weighted by atomic mass is 10.1. The molecule has 0 N–H and O–H groups in total. The summed E-state index contributed by atoms with van der Waals surface area (Å²) >= 11 is 0. The van der Waals surface area contributed by atoms with E-state index in [4.69, 9.17) is 9.47 Å². The van der Waals surface area contributed by atoms with Gasteiger partial charge in [-0.1, -0.05) is 24.3 Å². The van der Waals surface area contributed by atoms with E-state index >= 15 is 0 Å². The molecule has 0 saturated heterocycles. The number of benzene rings is 1. The summed E-state index contributed by atoms with van der Waals surface area (Å²) in [4.78, 5) is 8.59. The zero-order valence-electron chi connectivity index (χ0n) is 12.5. The van der Waals surface area contributed by atoms with Crippen LogP contribution in [0.4, 0.5) is 5.82 Å². The van der Waals surface area contributed by atoms with E-state index in [1.165, 1.54) is 0 Å². The van der Waals surface area contributed by atoms with Gasteiger partial charge >= 0.3 is 0 Å². The van der Waals surface area contributed by atoms with E-state index in [2.05, 4.69) is 9.98 Å². The van der Waals surface area contributed by atoms with Crippen molar-refractivity contribution in [1.82, 2.24) is 4.98 Å². The summed E-state index contributed by atoms with van der Waals surface area (Å²) < 4.78 is 11.0. The van der Waals surface area contributed by atoms with E-state index in [0.29, 0.717) is 12.4 Å². The molecule has 2 heterocycles. The second-order valence-electron chi connectivity index (χ2n) is 4.71. The van der Waals surface area contributed by atoms with Gasteiger partial charge in [0, 0.05) is 18.0 Å². The van der Waals surface area contributed by atoms with Gasteiger partial charge in [0.25, 0.3) is 0 Å². The third-order valence-electron chi connectivity index (χ3n) is 3.13. The van der Waals surface area contributed by atoms with Gasteiger partial charge in [-0.15, -0.1) is 0 Å². The van der Waals surface area contributed by atoms with Crippen LogP contribution in [0.1, 0.15) is 0 Å². The van der Waals surface area contributed by atoms with Crippen molar-refractivity contribution < 1.29 is 9.47 Å². The molecule has 114 valence electrons. The number of allylic oxidation sites excluding steroid dienone is 3. The van der Waals surface area contributed by atoms with Crippen molar-refractivity contribution in [1.29, 1.82) is 0 Å². The standard InChI is InChI=1S/C19H16N2O2/c1-4-10-20-19-15-16(9-11-21-19)17-7-2-3-8-18(17)23-14-6-13-22-12-5-1/h1-13,15H,14H2/b4-1-,12-5-,13-6-,20-10-. The van der Waals surface area contributed by atoms with Crippen molar-refractivity contribution in [2.75, 3.05) is 6.61 Å². The smallest absolute Gasteiger partial charge is 0.152 e. The molecular formula is C19H16N2O2. The summed E-state index contributed by atoms with van der Waals surface area (Å²) in [5, 5.41) is 0. The van der Waals surface area contributed by atoms with Gasteiger partial charge in [0.15, 0.2) is 5.82 Å². The first-order valence-corrected chi connectivity index (χ1v) is 7.28. The molecular weight excluding hydrogens is 288 g/mol. The highest BCUT2D eigenvalue weighted by Gasteiger charge is 2.06. The summed E-state index contributed by atoms with van der Waals surface area (Å²) in [5.74, 6) is 1.45. The van der Waals surface area contributed by atoms with Crippen LogP contribution in [0, 0.1) is 0 Å². The van der Waals surface area contributed by atoms with Crippen LogP contribution in [0.25, 0.3) is 11.1 Å². The van der Waals surface area contributed by atoms with Crippen LogP contribution < -0.4 is 4.74 Å². The second-order valence-corrected chi connectivity index (χ2v) is 4.71. The molecule has 2 bridgehead atoms. The van der Waals surface area contributed by atoms with E-state index in [1.54, 1.807) is 31.0 Å². The van der Waals surface area contributed by atoms with Crippen LogP contribution in [-0.4, -0.2) is 17.8 Å². The van der Waals surface area contributed by atoms with Crippen molar-refractivity contribution in [2.45, 2.75) is 0 Å². The largest absolute Gasteiger partial charge is 0.489 e. The van der Waals surface area contributed by atoms with Crippen LogP contribution in [-0.2, 0) is 4.74 Å². The molecule has 4 nitrogen and oxygen atoms in total. The highest BCUT2D eigenvalue weighted by molar-refractivity contribution is 5.76. The molecule has 0 fully saturated rings. The fraction of sp³-hybridized carbons (Fsp3) is 0.0526. The molecule has 0 aliphatic carbocycles. The number of aromatic nitrogens is 1. The van der Waals surface area contributed by atoms with Crippen LogP contribution >= 0.6 is 0 Å². The average Bonchev–Trinajstić information content (AvgIpc) is 2.59. The normalized spacial score (nSPS) is 19.5. The average molecular weight is 304 g/mol. The lowest BCUT2D eigenvalue weighted by molar-refractivity contribution is 0.350. The third kappa shape index (κ3) is 4.17. The van der Waals surface area contributed by atoms with Gasteiger partial charge in [-0.05, 0) is 42.0 Å². The Bertz CT molecular complexity index is 776. The fourth-order valence-electron chi connectivity index (χ4n) is 2.09. The molecule has 0 spiro atoms. The molecule has 0 saturated carbocycles. The van der Waals surface area contributed by atoms with E-state index < -0.39 is 0 Å². The number of para-hydroxylation sites is 1. The number of hydrogen-bond donors (Lipinski definition) is 0. The molecule has 2 aromatic rings. The quantitative estimate of drug-likeness (QED) is 0.722. The van der Waals surface area contributed by atoms with Gasteiger partial charge in [0.05, 0.1) is 12.5 Å². The Morgan fingerprint density at radius 2 is 1.91 bits per heavy atom. The zero-order valence-corrected chi connectivity index (χ0v) is 12.5. The Balaban J connectivity index is 1.99. The minimum absolute atomic E-state index is 0.427. The maximum atomic E-state index is 5.82. The number of fused-ring (bicyclic) bond motifs is 4. The number of nitrogens with zero attached hydrogens (tertiary/aromatic N) is 2. The Labute approximate surface area is 135 Å². The molecule has 23 heavy (non-hydrogen) atoms. The number of hydrogen-bond acceptors (Lipinski definition) is 4. The molecule has 1 aromatic heterocycles. The maximum Gasteiger partial charge on any atom is 0.152 e. The summed E-state index contributed by atoms with van der Waals surface area (Å²) in [6.07, 6.45) is 13.9. The molecule has 4 heteroatoms. The molecule has 0 unspecified atom stereocenters. The molecule has 1 aliphatic heterocycles. The molecule has 0 radical (unpaired) electrons. The maximum absolute atomic E-state index is 5.82. The molecule has 1 aromatic carbocycles. The number of rotatable bonds is 0. The molecule has 0 amide bonds. The van der Waals surface area contributed by atoms with Crippen LogP contribution in [0.15, 0.2) is 84.4 Å². The fourth-order valence-corrected chi connectivity index (χ4v) is 2.09. The summed E-state index contributed by atoms with van der Waals surface area (Å²) in [6.45, 7) is 0.427. The lowest BCUT2D eigenvalue weighted by Crippen LogP contribution is -1.95. The molecule has 1 aliphatic rings. The van der Waals surface area contributed by atoms with Crippen molar-refractivity contribution in [3.63, 3.8) is 0 Å². The SMILES string of the molecule is C1=C\C=N/c2cc(ccn2)-c2ccccc2OC/C=C\O\C=C/1. The summed E-state index contributed by atoms with van der Waals surface area (Å²) in [7, 11) is 0. The predicted octanol–water partition coefficient (Wildman–Crippen LogP) is 4.44. The Morgan fingerprint density at radius 3 is 2.91 bits per heavy atom. The Morgan fingerprint density at radius 1 is 0.957 bits per heavy atom. The molecule has 3 rings (SSSR count).